The highest BCUT2D eigenvalue weighted by Crippen LogP contribution is 2.35. The van der Waals surface area contributed by atoms with E-state index >= 15 is 0 Å². The first-order valence-electron chi connectivity index (χ1n) is 18.4. The van der Waals surface area contributed by atoms with Crippen LogP contribution in [0.1, 0.15) is 47.3 Å². The second kappa shape index (κ2) is 15.0. The minimum Gasteiger partial charge on any atom is -0.497 e. The number of methoxy groups -OCH3 is 1. The van der Waals surface area contributed by atoms with Crippen molar-refractivity contribution >= 4 is 83.9 Å². The number of carbonyl (C=O) groups excluding carboxylic acids is 2. The molecule has 0 aliphatic rings. The Morgan fingerprint density at radius 3 is 2.38 bits per heavy atom. The molecule has 3 aromatic heterocycles. The average Bonchev–Trinajstić information content (AvgIpc) is 3.72. The van der Waals surface area contributed by atoms with E-state index in [-0.39, 0.29) is 29.5 Å². The van der Waals surface area contributed by atoms with Crippen LogP contribution < -0.4 is 20.9 Å². The van der Waals surface area contributed by atoms with E-state index in [4.69, 9.17) is 16.3 Å². The second-order valence-electron chi connectivity index (χ2n) is 13.9. The largest absolute Gasteiger partial charge is 0.497 e. The number of aromatic nitrogens is 3. The Hall–Kier alpha value is -6.53. The molecule has 0 unspecified atom stereocenters. The van der Waals surface area contributed by atoms with E-state index in [1.165, 1.54) is 16.5 Å². The lowest BCUT2D eigenvalue weighted by molar-refractivity contribution is -0.384. The highest BCUT2D eigenvalue weighted by Gasteiger charge is 2.23. The number of hydrogen-bond acceptors (Lipinski definition) is 8. The fourth-order valence-corrected chi connectivity index (χ4v) is 7.81. The first-order chi connectivity index (χ1) is 27.1. The molecule has 0 saturated carbocycles. The van der Waals surface area contributed by atoms with Crippen LogP contribution in [-0.4, -0.2) is 50.9 Å². The predicted octanol–water partition coefficient (Wildman–Crippen LogP) is 8.44. The number of halogens is 1. The smallest absolute Gasteiger partial charge is 0.271 e. The maximum Gasteiger partial charge on any atom is 0.271 e. The Morgan fingerprint density at radius 2 is 1.61 bits per heavy atom. The van der Waals surface area contributed by atoms with Gasteiger partial charge in [0.2, 0.25) is 5.91 Å². The van der Waals surface area contributed by atoms with Gasteiger partial charge in [-0.15, -0.1) is 0 Å². The fraction of sp³-hybridized carbons (Fsp3) is 0.209. The highest BCUT2D eigenvalue weighted by atomic mass is 35.5. The predicted molar refractivity (Wildman–Crippen MR) is 220 cm³/mol. The summed E-state index contributed by atoms with van der Waals surface area (Å²) in [5.74, 6) is 0.323. The van der Waals surface area contributed by atoms with Crippen LogP contribution in [-0.2, 0) is 11.2 Å². The van der Waals surface area contributed by atoms with Crippen LogP contribution in [0.3, 0.4) is 0 Å². The van der Waals surface area contributed by atoms with Gasteiger partial charge in [-0.1, -0.05) is 36.6 Å². The van der Waals surface area contributed by atoms with Crippen molar-refractivity contribution in [1.29, 1.82) is 0 Å². The quantitative estimate of drug-likeness (QED) is 0.0674. The number of nitrogens with zero attached hydrogens (tertiary/aromatic N) is 4. The van der Waals surface area contributed by atoms with E-state index in [2.05, 4.69) is 15.6 Å². The van der Waals surface area contributed by atoms with Crippen LogP contribution in [0.15, 0.2) is 95.8 Å². The topological polar surface area (TPSA) is 150 Å². The molecule has 0 saturated heterocycles. The third kappa shape index (κ3) is 6.51. The number of anilines is 1. The van der Waals surface area contributed by atoms with Crippen LogP contribution in [0.4, 0.5) is 11.4 Å². The monoisotopic (exact) mass is 768 g/mol. The summed E-state index contributed by atoms with van der Waals surface area (Å²) >= 11 is 6.05. The van der Waals surface area contributed by atoms with Gasteiger partial charge in [0.05, 0.1) is 35.0 Å². The Bertz CT molecular complexity index is 2900. The normalized spacial score (nSPS) is 11.6. The number of carbonyl (C=O) groups is 2. The standard InChI is InChI=1S/C43H37ClN6O6/c1-25-33(34-23-29(56-2)15-19-37(34)48(25)42(52)26-10-12-27(44)13-11-26)24-39(51)46-21-6-4-3-5-20-45-35-17-16-31-40-30(35)8-7-9-32(40)43(53)49-38-18-14-28(50(54)55)22-36(38)47-41(31)49/h7-19,22-23,45H,3-6,20-21,24H2,1-2H3,(H,46,51). The average molecular weight is 769 g/mol. The number of pyridine rings is 1. The van der Waals surface area contributed by atoms with E-state index in [0.717, 1.165) is 65.0 Å². The summed E-state index contributed by atoms with van der Waals surface area (Å²) in [7, 11) is 1.59. The first-order valence-corrected chi connectivity index (χ1v) is 18.8. The molecule has 5 aromatic carbocycles. The zero-order chi connectivity index (χ0) is 39.1. The van der Waals surface area contributed by atoms with Gasteiger partial charge in [0.1, 0.15) is 11.4 Å². The Kier molecular flexibility index (Phi) is 9.73. The molecule has 0 fully saturated rings. The number of nitrogens with one attached hydrogen (secondary N) is 2. The van der Waals surface area contributed by atoms with Crippen molar-refractivity contribution in [2.24, 2.45) is 0 Å². The summed E-state index contributed by atoms with van der Waals surface area (Å²) in [6.45, 7) is 3.12. The van der Waals surface area contributed by atoms with Crippen molar-refractivity contribution in [1.82, 2.24) is 19.3 Å². The van der Waals surface area contributed by atoms with Crippen molar-refractivity contribution in [3.8, 4) is 5.75 Å². The van der Waals surface area contributed by atoms with Crippen LogP contribution >= 0.6 is 11.6 Å². The number of unbranched alkanes of at least 4 members (excludes halogenated alkanes) is 3. The molecule has 8 rings (SSSR count). The lowest BCUT2D eigenvalue weighted by Crippen LogP contribution is -2.26. The van der Waals surface area contributed by atoms with E-state index in [0.29, 0.717) is 56.2 Å². The molecule has 0 aliphatic heterocycles. The Morgan fingerprint density at radius 1 is 0.857 bits per heavy atom. The molecule has 0 aliphatic carbocycles. The van der Waals surface area contributed by atoms with Crippen LogP contribution in [0, 0.1) is 17.0 Å². The lowest BCUT2D eigenvalue weighted by Gasteiger charge is -2.13. The maximum atomic E-state index is 13.7. The van der Waals surface area contributed by atoms with Gasteiger partial charge in [-0.05, 0) is 92.1 Å². The van der Waals surface area contributed by atoms with Gasteiger partial charge >= 0.3 is 0 Å². The minimum absolute atomic E-state index is 0.0777. The summed E-state index contributed by atoms with van der Waals surface area (Å²) in [6, 6.07) is 26.2. The van der Waals surface area contributed by atoms with Crippen LogP contribution in [0.5, 0.6) is 5.75 Å². The molecular formula is C43H37ClN6O6. The summed E-state index contributed by atoms with van der Waals surface area (Å²) < 4.78 is 8.64. The van der Waals surface area contributed by atoms with Crippen molar-refractivity contribution in [2.45, 2.75) is 39.0 Å². The highest BCUT2D eigenvalue weighted by molar-refractivity contribution is 6.30. The van der Waals surface area contributed by atoms with Crippen molar-refractivity contribution in [2.75, 3.05) is 25.5 Å². The number of amides is 1. The number of fused-ring (bicyclic) bond motifs is 5. The van der Waals surface area contributed by atoms with Gasteiger partial charge in [-0.25, -0.2) is 4.98 Å². The lowest BCUT2D eigenvalue weighted by atomic mass is 10.0. The number of benzene rings is 5. The summed E-state index contributed by atoms with van der Waals surface area (Å²) in [5.41, 5.74) is 4.69. The number of nitro groups is 1. The van der Waals surface area contributed by atoms with Gasteiger partial charge in [-0.3, -0.25) is 33.5 Å². The molecule has 13 heteroatoms. The summed E-state index contributed by atoms with van der Waals surface area (Å²) in [5, 5.41) is 22.4. The molecule has 0 radical (unpaired) electrons. The van der Waals surface area contributed by atoms with Crippen molar-refractivity contribution in [3.05, 3.63) is 133 Å². The number of nitro benzene ring substituents is 1. The molecule has 282 valence electrons. The van der Waals surface area contributed by atoms with E-state index < -0.39 is 4.92 Å². The molecule has 56 heavy (non-hydrogen) atoms. The molecule has 1 amide bonds. The molecular weight excluding hydrogens is 732 g/mol. The molecule has 0 atom stereocenters. The van der Waals surface area contributed by atoms with Gasteiger partial charge in [0.15, 0.2) is 0 Å². The Balaban J connectivity index is 0.878. The molecule has 0 spiro atoms. The number of non-ortho nitro benzene ring substituents is 1. The third-order valence-electron chi connectivity index (χ3n) is 10.5. The SMILES string of the molecule is COc1ccc2c(c1)c(CC(=O)NCCCCCCNc1ccc3c4c1cccc4c(=O)n1c4ccc([N+](=O)[O-])cc4nc31)c(C)n2C(=O)c1ccc(Cl)cc1. The van der Waals surface area contributed by atoms with Crippen LogP contribution in [0.2, 0.25) is 5.02 Å². The molecule has 2 N–H and O–H groups in total. The number of ether oxygens (including phenoxy) is 1. The van der Waals surface area contributed by atoms with Crippen molar-refractivity contribution in [3.63, 3.8) is 0 Å². The van der Waals surface area contributed by atoms with E-state index in [9.17, 15) is 24.5 Å². The minimum atomic E-state index is -0.469. The molecule has 8 aromatic rings. The molecule has 3 heterocycles. The van der Waals surface area contributed by atoms with Crippen molar-refractivity contribution < 1.29 is 19.2 Å². The number of rotatable bonds is 13. The zero-order valence-corrected chi connectivity index (χ0v) is 31.5. The van der Waals surface area contributed by atoms with Gasteiger partial charge < -0.3 is 15.4 Å². The Labute approximate surface area is 325 Å². The molecule has 0 bridgehead atoms. The molecule has 12 nitrogen and oxygen atoms in total. The maximum absolute atomic E-state index is 13.7. The fourth-order valence-electron chi connectivity index (χ4n) is 7.69. The number of imidazole rings is 1. The zero-order valence-electron chi connectivity index (χ0n) is 30.7. The summed E-state index contributed by atoms with van der Waals surface area (Å²) in [4.78, 5) is 56.0. The van der Waals surface area contributed by atoms with E-state index in [1.54, 1.807) is 54.1 Å². The van der Waals surface area contributed by atoms with Gasteiger partial charge in [0.25, 0.3) is 17.2 Å². The van der Waals surface area contributed by atoms with Gasteiger partial charge in [0, 0.05) is 74.1 Å². The van der Waals surface area contributed by atoms with Gasteiger partial charge in [-0.2, -0.15) is 0 Å². The first kappa shape index (κ1) is 36.4. The van der Waals surface area contributed by atoms with E-state index in [1.807, 2.05) is 43.3 Å². The number of hydrogen-bond donors (Lipinski definition) is 2. The second-order valence-corrected chi connectivity index (χ2v) is 14.3. The van der Waals surface area contributed by atoms with Crippen LogP contribution in [0.25, 0.3) is 49.1 Å². The summed E-state index contributed by atoms with van der Waals surface area (Å²) in [6.07, 6.45) is 3.74. The third-order valence-corrected chi connectivity index (χ3v) is 10.7.